The predicted octanol–water partition coefficient (Wildman–Crippen LogP) is 2.11. The first-order valence-corrected chi connectivity index (χ1v) is 5.32. The quantitative estimate of drug-likeness (QED) is 0.790. The van der Waals surface area contributed by atoms with E-state index in [9.17, 15) is 4.39 Å². The highest BCUT2D eigenvalue weighted by atomic mass is 35.5. The summed E-state index contributed by atoms with van der Waals surface area (Å²) in [4.78, 5) is 0. The van der Waals surface area contributed by atoms with Crippen LogP contribution in [-0.4, -0.2) is 27.3 Å². The molecule has 17 heavy (non-hydrogen) atoms. The van der Waals surface area contributed by atoms with Crippen molar-refractivity contribution in [3.63, 3.8) is 0 Å². The van der Waals surface area contributed by atoms with E-state index >= 15 is 0 Å². The van der Waals surface area contributed by atoms with E-state index in [-0.39, 0.29) is 5.75 Å². The Morgan fingerprint density at radius 2 is 2.24 bits per heavy atom. The molecule has 0 radical (unpaired) electrons. The van der Waals surface area contributed by atoms with Gasteiger partial charge in [0.2, 0.25) is 0 Å². The van der Waals surface area contributed by atoms with Crippen molar-refractivity contribution in [2.45, 2.75) is 12.3 Å². The van der Waals surface area contributed by atoms with Crippen molar-refractivity contribution in [3.8, 4) is 11.4 Å². The lowest BCUT2D eigenvalue weighted by molar-refractivity contribution is 0.384. The maximum atomic E-state index is 14.1. The van der Waals surface area contributed by atoms with Gasteiger partial charge in [0.1, 0.15) is 6.33 Å². The van der Waals surface area contributed by atoms with Crippen LogP contribution in [0.15, 0.2) is 18.5 Å². The monoisotopic (exact) mass is 256 g/mol. The normalized spacial score (nSPS) is 12.5. The summed E-state index contributed by atoms with van der Waals surface area (Å²) >= 11 is 5.98. The molecule has 7 heteroatoms. The fraction of sp³-hybridized carbons (Fsp3) is 0.300. The van der Waals surface area contributed by atoms with E-state index in [2.05, 4.69) is 15.5 Å². The van der Waals surface area contributed by atoms with Crippen molar-refractivity contribution >= 4 is 11.6 Å². The Kier molecular flexibility index (Phi) is 3.23. The van der Waals surface area contributed by atoms with Crippen LogP contribution >= 0.6 is 11.6 Å². The summed E-state index contributed by atoms with van der Waals surface area (Å²) in [7, 11) is 1.40. The molecule has 90 valence electrons. The van der Waals surface area contributed by atoms with Gasteiger partial charge in [0.05, 0.1) is 18.2 Å². The second-order valence-electron chi connectivity index (χ2n) is 3.39. The number of nitrogens with zero attached hydrogens (tertiary/aromatic N) is 4. The largest absolute Gasteiger partial charge is 0.494 e. The van der Waals surface area contributed by atoms with Crippen LogP contribution in [-0.2, 0) is 0 Å². The second-order valence-corrected chi connectivity index (χ2v) is 4.04. The summed E-state index contributed by atoms with van der Waals surface area (Å²) < 4.78 is 20.4. The number of ether oxygens (including phenoxy) is 1. The van der Waals surface area contributed by atoms with Gasteiger partial charge in [-0.25, -0.2) is 9.07 Å². The lowest BCUT2D eigenvalue weighted by Crippen LogP contribution is -2.05. The predicted molar refractivity (Wildman–Crippen MR) is 59.9 cm³/mol. The summed E-state index contributed by atoms with van der Waals surface area (Å²) in [5.41, 5.74) is 0.800. The average Bonchev–Trinajstić information content (AvgIpc) is 2.81. The molecule has 5 nitrogen and oxygen atoms in total. The number of halogens is 2. The Balaban J connectivity index is 2.64. The Hall–Kier alpha value is -1.69. The molecule has 2 rings (SSSR count). The Morgan fingerprint density at radius 1 is 1.47 bits per heavy atom. The van der Waals surface area contributed by atoms with Crippen LogP contribution in [0.2, 0.25) is 0 Å². The molecule has 2 aromatic rings. The first-order valence-electron chi connectivity index (χ1n) is 4.89. The summed E-state index contributed by atoms with van der Waals surface area (Å²) in [6.07, 6.45) is 1.38. The molecule has 0 saturated heterocycles. The molecule has 1 aromatic carbocycles. The molecule has 1 heterocycles. The Bertz CT molecular complexity index is 515. The Morgan fingerprint density at radius 3 is 2.76 bits per heavy atom. The van der Waals surface area contributed by atoms with Gasteiger partial charge in [-0.1, -0.05) is 0 Å². The van der Waals surface area contributed by atoms with Crippen LogP contribution in [0, 0.1) is 5.82 Å². The van der Waals surface area contributed by atoms with Gasteiger partial charge < -0.3 is 4.74 Å². The molecule has 0 N–H and O–H groups in total. The summed E-state index contributed by atoms with van der Waals surface area (Å²) in [5, 5.41) is 10.2. The van der Waals surface area contributed by atoms with Gasteiger partial charge in [-0.15, -0.1) is 16.7 Å². The van der Waals surface area contributed by atoms with E-state index in [0.717, 1.165) is 0 Å². The number of rotatable bonds is 3. The van der Waals surface area contributed by atoms with Crippen molar-refractivity contribution in [1.82, 2.24) is 20.2 Å². The molecule has 1 aromatic heterocycles. The van der Waals surface area contributed by atoms with Crippen LogP contribution in [0.1, 0.15) is 17.9 Å². The van der Waals surface area contributed by atoms with Crippen LogP contribution in [0.3, 0.4) is 0 Å². The van der Waals surface area contributed by atoms with E-state index in [4.69, 9.17) is 16.3 Å². The first kappa shape index (κ1) is 11.8. The summed E-state index contributed by atoms with van der Waals surface area (Å²) in [6, 6.07) is 3.17. The molecule has 1 atom stereocenters. The van der Waals surface area contributed by atoms with Crippen LogP contribution < -0.4 is 4.74 Å². The zero-order valence-corrected chi connectivity index (χ0v) is 10.0. The number of benzene rings is 1. The molecule has 0 aliphatic heterocycles. The van der Waals surface area contributed by atoms with E-state index in [1.807, 2.05) is 0 Å². The molecule has 0 bridgehead atoms. The van der Waals surface area contributed by atoms with Gasteiger partial charge in [0, 0.05) is 5.56 Å². The van der Waals surface area contributed by atoms with Crippen molar-refractivity contribution in [3.05, 3.63) is 29.8 Å². The molecule has 0 aliphatic rings. The number of methoxy groups -OCH3 is 1. The van der Waals surface area contributed by atoms with Gasteiger partial charge in [-0.3, -0.25) is 0 Å². The highest BCUT2D eigenvalue weighted by Crippen LogP contribution is 2.33. The first-order chi connectivity index (χ1) is 8.15. The molecule has 0 amide bonds. The van der Waals surface area contributed by atoms with Gasteiger partial charge in [0.15, 0.2) is 11.6 Å². The molecule has 0 spiro atoms. The SMILES string of the molecule is COc1ccc(-n2cnnn2)c(C(C)Cl)c1F. The lowest BCUT2D eigenvalue weighted by Gasteiger charge is -2.13. The van der Waals surface area contributed by atoms with Crippen molar-refractivity contribution in [1.29, 1.82) is 0 Å². The van der Waals surface area contributed by atoms with Gasteiger partial charge in [-0.2, -0.15) is 0 Å². The lowest BCUT2D eigenvalue weighted by atomic mass is 10.1. The smallest absolute Gasteiger partial charge is 0.171 e. The van der Waals surface area contributed by atoms with Gasteiger partial charge >= 0.3 is 0 Å². The maximum Gasteiger partial charge on any atom is 0.171 e. The molecule has 0 aliphatic carbocycles. The molecule has 0 saturated carbocycles. The number of tetrazole rings is 1. The molecule has 0 fully saturated rings. The van der Waals surface area contributed by atoms with E-state index in [1.165, 1.54) is 24.2 Å². The van der Waals surface area contributed by atoms with E-state index in [1.54, 1.807) is 13.0 Å². The van der Waals surface area contributed by atoms with Crippen LogP contribution in [0.25, 0.3) is 5.69 Å². The van der Waals surface area contributed by atoms with Crippen molar-refractivity contribution < 1.29 is 9.13 Å². The minimum absolute atomic E-state index is 0.143. The number of alkyl halides is 1. The number of aromatic nitrogens is 4. The summed E-state index contributed by atoms with van der Waals surface area (Å²) in [5.74, 6) is -0.354. The topological polar surface area (TPSA) is 52.8 Å². The highest BCUT2D eigenvalue weighted by molar-refractivity contribution is 6.20. The number of hydrogen-bond acceptors (Lipinski definition) is 4. The van der Waals surface area contributed by atoms with Gasteiger partial charge in [0.25, 0.3) is 0 Å². The molecular weight excluding hydrogens is 247 g/mol. The van der Waals surface area contributed by atoms with Crippen LogP contribution in [0.4, 0.5) is 4.39 Å². The van der Waals surface area contributed by atoms with Crippen molar-refractivity contribution in [2.24, 2.45) is 0 Å². The van der Waals surface area contributed by atoms with Crippen LogP contribution in [0.5, 0.6) is 5.75 Å². The molecule has 1 unspecified atom stereocenters. The third kappa shape index (κ3) is 2.08. The average molecular weight is 257 g/mol. The second kappa shape index (κ2) is 4.67. The highest BCUT2D eigenvalue weighted by Gasteiger charge is 2.19. The van der Waals surface area contributed by atoms with E-state index in [0.29, 0.717) is 11.3 Å². The zero-order valence-electron chi connectivity index (χ0n) is 9.26. The third-order valence-corrected chi connectivity index (χ3v) is 2.55. The van der Waals surface area contributed by atoms with Crippen molar-refractivity contribution in [2.75, 3.05) is 7.11 Å². The Labute approximate surface area is 102 Å². The fourth-order valence-corrected chi connectivity index (χ4v) is 1.78. The van der Waals surface area contributed by atoms with E-state index < -0.39 is 11.2 Å². The zero-order chi connectivity index (χ0) is 12.4. The maximum absolute atomic E-state index is 14.1. The third-order valence-electron chi connectivity index (χ3n) is 2.33. The standard InChI is InChI=1S/C10H10ClFN4O/c1-6(11)9-7(16-5-13-14-15-16)3-4-8(17-2)10(9)12/h3-6H,1-2H3. The van der Waals surface area contributed by atoms with Gasteiger partial charge in [-0.05, 0) is 29.5 Å². The minimum atomic E-state index is -0.524. The minimum Gasteiger partial charge on any atom is -0.494 e. The molecular formula is C10H10ClFN4O. The number of hydrogen-bond donors (Lipinski definition) is 0. The fourth-order valence-electron chi connectivity index (χ4n) is 1.57. The summed E-state index contributed by atoms with van der Waals surface area (Å²) in [6.45, 7) is 1.67.